The van der Waals surface area contributed by atoms with Crippen LogP contribution in [0.4, 0.5) is 11.6 Å². The number of nitro benzene ring substituents is 1. The van der Waals surface area contributed by atoms with Crippen LogP contribution in [0.15, 0.2) is 28.9 Å². The van der Waals surface area contributed by atoms with E-state index in [0.29, 0.717) is 15.5 Å². The number of rotatable bonds is 3. The van der Waals surface area contributed by atoms with Gasteiger partial charge >= 0.3 is 5.69 Å². The van der Waals surface area contributed by atoms with E-state index >= 15 is 0 Å². The third-order valence-corrected chi connectivity index (χ3v) is 3.26. The van der Waals surface area contributed by atoms with Gasteiger partial charge in [-0.25, -0.2) is 0 Å². The number of nitrogens with zero attached hydrogens (tertiary/aromatic N) is 4. The van der Waals surface area contributed by atoms with E-state index in [1.807, 2.05) is 0 Å². The monoisotopic (exact) mass is 350 g/mol. The van der Waals surface area contributed by atoms with Crippen LogP contribution in [0.5, 0.6) is 11.6 Å². The Kier molecular flexibility index (Phi) is 3.14. The minimum atomic E-state index is -0.544. The molecule has 0 aliphatic heterocycles. The molecule has 3 N–H and O–H groups in total. The van der Waals surface area contributed by atoms with E-state index in [0.717, 1.165) is 0 Å². The minimum Gasteiger partial charge on any atom is -0.430 e. The summed E-state index contributed by atoms with van der Waals surface area (Å²) in [5.41, 5.74) is 5.76. The predicted molar refractivity (Wildman–Crippen MR) is 77.0 cm³/mol. The lowest BCUT2D eigenvalue weighted by atomic mass is 10.3. The number of hydrogen-bond donors (Lipinski definition) is 2. The SMILES string of the molecule is Nc1nc(Oc2c(Br)cccc2[N+](=O)[O-])c2cn[nH]c2n1. The van der Waals surface area contributed by atoms with Gasteiger partial charge in [-0.15, -0.1) is 0 Å². The molecular weight excluding hydrogens is 344 g/mol. The van der Waals surface area contributed by atoms with Crippen molar-refractivity contribution in [2.24, 2.45) is 0 Å². The van der Waals surface area contributed by atoms with Gasteiger partial charge in [0, 0.05) is 6.07 Å². The Morgan fingerprint density at radius 2 is 2.19 bits per heavy atom. The topological polar surface area (TPSA) is 133 Å². The molecule has 0 fully saturated rings. The van der Waals surface area contributed by atoms with Crippen molar-refractivity contribution in [3.05, 3.63) is 39.0 Å². The van der Waals surface area contributed by atoms with E-state index in [-0.39, 0.29) is 23.3 Å². The van der Waals surface area contributed by atoms with Crippen molar-refractivity contribution in [1.82, 2.24) is 20.2 Å². The Balaban J connectivity index is 2.15. The molecule has 0 aliphatic rings. The molecule has 2 heterocycles. The van der Waals surface area contributed by atoms with Gasteiger partial charge in [0.15, 0.2) is 5.65 Å². The number of hydrogen-bond acceptors (Lipinski definition) is 7. The number of nitrogens with two attached hydrogens (primary N) is 1. The smallest absolute Gasteiger partial charge is 0.312 e. The van der Waals surface area contributed by atoms with Crippen molar-refractivity contribution < 1.29 is 9.66 Å². The van der Waals surface area contributed by atoms with Gasteiger partial charge in [0.05, 0.1) is 15.6 Å². The highest BCUT2D eigenvalue weighted by atomic mass is 79.9. The van der Waals surface area contributed by atoms with Gasteiger partial charge < -0.3 is 10.5 Å². The second-order valence-corrected chi connectivity index (χ2v) is 4.82. The lowest BCUT2D eigenvalue weighted by Gasteiger charge is -2.08. The zero-order valence-electron chi connectivity index (χ0n) is 10.3. The molecule has 0 amide bonds. The molecule has 0 bridgehead atoms. The molecule has 9 nitrogen and oxygen atoms in total. The first-order valence-electron chi connectivity index (χ1n) is 5.63. The molecule has 0 unspecified atom stereocenters. The molecule has 106 valence electrons. The fourth-order valence-corrected chi connectivity index (χ4v) is 2.18. The Hall–Kier alpha value is -2.75. The summed E-state index contributed by atoms with van der Waals surface area (Å²) in [4.78, 5) is 18.4. The second kappa shape index (κ2) is 4.98. The largest absolute Gasteiger partial charge is 0.430 e. The first-order chi connectivity index (χ1) is 10.1. The molecule has 2 aromatic heterocycles. The highest BCUT2D eigenvalue weighted by Crippen LogP contribution is 2.38. The van der Waals surface area contributed by atoms with E-state index < -0.39 is 4.92 Å². The first kappa shape index (κ1) is 13.2. The molecule has 10 heteroatoms. The van der Waals surface area contributed by atoms with E-state index in [9.17, 15) is 10.1 Å². The number of aromatic amines is 1. The number of anilines is 1. The normalized spacial score (nSPS) is 10.7. The quantitative estimate of drug-likeness (QED) is 0.547. The summed E-state index contributed by atoms with van der Waals surface area (Å²) in [6.45, 7) is 0. The molecule has 0 saturated heterocycles. The third-order valence-electron chi connectivity index (χ3n) is 2.63. The van der Waals surface area contributed by atoms with Gasteiger partial charge in [0.2, 0.25) is 17.6 Å². The summed E-state index contributed by atoms with van der Waals surface area (Å²) in [7, 11) is 0. The molecule has 0 radical (unpaired) electrons. The van der Waals surface area contributed by atoms with Crippen molar-refractivity contribution in [1.29, 1.82) is 0 Å². The summed E-state index contributed by atoms with van der Waals surface area (Å²) in [6.07, 6.45) is 1.45. The van der Waals surface area contributed by atoms with E-state index in [1.165, 1.54) is 18.3 Å². The minimum absolute atomic E-state index is 0.0306. The van der Waals surface area contributed by atoms with Crippen LogP contribution >= 0.6 is 15.9 Å². The van der Waals surface area contributed by atoms with Crippen molar-refractivity contribution in [2.75, 3.05) is 5.73 Å². The van der Waals surface area contributed by atoms with Crippen LogP contribution in [0.1, 0.15) is 0 Å². The number of nitrogens with one attached hydrogen (secondary N) is 1. The van der Waals surface area contributed by atoms with E-state index in [2.05, 4.69) is 36.1 Å². The number of ether oxygens (including phenoxy) is 1. The van der Waals surface area contributed by atoms with Crippen molar-refractivity contribution in [3.63, 3.8) is 0 Å². The summed E-state index contributed by atoms with van der Waals surface area (Å²) in [5.74, 6) is 0.0841. The molecule has 0 atom stereocenters. The molecule has 21 heavy (non-hydrogen) atoms. The maximum atomic E-state index is 11.1. The van der Waals surface area contributed by atoms with Gasteiger partial charge in [-0.05, 0) is 22.0 Å². The van der Waals surface area contributed by atoms with Crippen LogP contribution in [-0.2, 0) is 0 Å². The molecule has 1 aromatic carbocycles. The van der Waals surface area contributed by atoms with Crippen LogP contribution < -0.4 is 10.5 Å². The van der Waals surface area contributed by atoms with E-state index in [1.54, 1.807) is 6.07 Å². The zero-order valence-corrected chi connectivity index (χ0v) is 11.9. The molecule has 0 saturated carbocycles. The molecule has 3 aromatic rings. The molecular formula is C11H7BrN6O3. The standard InChI is InChI=1S/C11H7BrN6O3/c12-6-2-1-3-7(18(19)20)8(6)21-10-5-4-14-17-9(5)15-11(13)16-10/h1-4H,(H3,13,14,15,16,17). The average Bonchev–Trinajstić information content (AvgIpc) is 2.88. The van der Waals surface area contributed by atoms with Crippen LogP contribution in [0.2, 0.25) is 0 Å². The maximum Gasteiger partial charge on any atom is 0.312 e. The zero-order chi connectivity index (χ0) is 15.0. The fourth-order valence-electron chi connectivity index (χ4n) is 1.74. The number of aromatic nitrogens is 4. The lowest BCUT2D eigenvalue weighted by Crippen LogP contribution is -2.00. The third kappa shape index (κ3) is 2.36. The Morgan fingerprint density at radius 3 is 2.95 bits per heavy atom. The van der Waals surface area contributed by atoms with Crippen LogP contribution in [0, 0.1) is 10.1 Å². The van der Waals surface area contributed by atoms with Gasteiger partial charge in [-0.3, -0.25) is 15.2 Å². The first-order valence-corrected chi connectivity index (χ1v) is 6.43. The predicted octanol–water partition coefficient (Wildman–Crippen LogP) is 2.40. The Bertz CT molecular complexity index is 849. The van der Waals surface area contributed by atoms with Gasteiger partial charge in [0.25, 0.3) is 0 Å². The number of fused-ring (bicyclic) bond motifs is 1. The lowest BCUT2D eigenvalue weighted by molar-refractivity contribution is -0.385. The van der Waals surface area contributed by atoms with Gasteiger partial charge in [-0.2, -0.15) is 15.1 Å². The second-order valence-electron chi connectivity index (χ2n) is 3.97. The number of benzene rings is 1. The summed E-state index contributed by atoms with van der Waals surface area (Å²) in [6, 6.07) is 4.49. The maximum absolute atomic E-state index is 11.1. The highest BCUT2D eigenvalue weighted by molar-refractivity contribution is 9.10. The number of nitrogen functional groups attached to an aromatic ring is 1. The number of halogens is 1. The van der Waals surface area contributed by atoms with Gasteiger partial charge in [-0.1, -0.05) is 6.07 Å². The fraction of sp³-hybridized carbons (Fsp3) is 0. The Labute approximate surface area is 125 Å². The van der Waals surface area contributed by atoms with Crippen molar-refractivity contribution >= 4 is 38.6 Å². The summed E-state index contributed by atoms with van der Waals surface area (Å²) >= 11 is 3.22. The van der Waals surface area contributed by atoms with Crippen molar-refractivity contribution in [2.45, 2.75) is 0 Å². The number of H-pyrrole nitrogens is 1. The average molecular weight is 351 g/mol. The van der Waals surface area contributed by atoms with E-state index in [4.69, 9.17) is 10.5 Å². The highest BCUT2D eigenvalue weighted by Gasteiger charge is 2.21. The van der Waals surface area contributed by atoms with Gasteiger partial charge in [0.1, 0.15) is 5.39 Å². The molecule has 3 rings (SSSR count). The summed E-state index contributed by atoms with van der Waals surface area (Å²) < 4.78 is 6.00. The van der Waals surface area contributed by atoms with Crippen LogP contribution in [-0.4, -0.2) is 25.1 Å². The van der Waals surface area contributed by atoms with Crippen molar-refractivity contribution in [3.8, 4) is 11.6 Å². The summed E-state index contributed by atoms with van der Waals surface area (Å²) in [5, 5.41) is 18.0. The van der Waals surface area contributed by atoms with Crippen LogP contribution in [0.25, 0.3) is 11.0 Å². The Morgan fingerprint density at radius 1 is 1.38 bits per heavy atom. The number of para-hydroxylation sites is 1. The molecule has 0 spiro atoms. The van der Waals surface area contributed by atoms with Crippen LogP contribution in [0.3, 0.4) is 0 Å². The molecule has 0 aliphatic carbocycles. The number of nitro groups is 1.